The Morgan fingerprint density at radius 1 is 0.778 bits per heavy atom. The van der Waals surface area contributed by atoms with Gasteiger partial charge in [0.15, 0.2) is 0 Å². The molecule has 2 atom stereocenters. The largest absolute Gasteiger partial charge is 0.311 e. The van der Waals surface area contributed by atoms with Crippen molar-refractivity contribution in [2.24, 2.45) is 5.92 Å². The first-order valence-electron chi connectivity index (χ1n) is 8.66. The first kappa shape index (κ1) is 14.4. The Hall–Kier alpha value is -0.0400. The maximum atomic E-state index is 3.95. The maximum absolute atomic E-state index is 3.95. The summed E-state index contributed by atoms with van der Waals surface area (Å²) in [4.78, 5) is 0. The first-order valence-corrected chi connectivity index (χ1v) is 8.66. The van der Waals surface area contributed by atoms with E-state index >= 15 is 0 Å². The molecule has 0 radical (unpaired) electrons. The summed E-state index contributed by atoms with van der Waals surface area (Å²) in [7, 11) is 0. The molecule has 0 aromatic heterocycles. The maximum Gasteiger partial charge on any atom is 0.0102 e. The van der Waals surface area contributed by atoms with Gasteiger partial charge in [-0.15, -0.1) is 0 Å². The second-order valence-electron chi connectivity index (χ2n) is 6.63. The van der Waals surface area contributed by atoms with E-state index in [1.54, 1.807) is 0 Å². The zero-order valence-electron chi connectivity index (χ0n) is 12.4. The van der Waals surface area contributed by atoms with Crippen LogP contribution >= 0.6 is 0 Å². The van der Waals surface area contributed by atoms with Gasteiger partial charge >= 0.3 is 0 Å². The fraction of sp³-hybridized carbons (Fsp3) is 1.00. The Morgan fingerprint density at radius 3 is 1.72 bits per heavy atom. The molecule has 18 heavy (non-hydrogen) atoms. The second kappa shape index (κ2) is 8.19. The molecule has 1 N–H and O–H groups in total. The first-order chi connectivity index (χ1) is 8.90. The summed E-state index contributed by atoms with van der Waals surface area (Å²) in [5, 5.41) is 3.95. The quantitative estimate of drug-likeness (QED) is 0.740. The Morgan fingerprint density at radius 2 is 1.28 bits per heavy atom. The van der Waals surface area contributed by atoms with E-state index in [0.29, 0.717) is 0 Å². The van der Waals surface area contributed by atoms with Crippen LogP contribution in [-0.2, 0) is 0 Å². The summed E-state index contributed by atoms with van der Waals surface area (Å²) in [6.45, 7) is 2.34. The molecule has 0 aliphatic heterocycles. The molecule has 0 aromatic carbocycles. The molecule has 0 saturated heterocycles. The molecule has 0 bridgehead atoms. The topological polar surface area (TPSA) is 12.0 Å². The normalized spacial score (nSPS) is 32.5. The van der Waals surface area contributed by atoms with Gasteiger partial charge in [-0.05, 0) is 25.2 Å². The third-order valence-electron chi connectivity index (χ3n) is 5.00. The molecule has 0 amide bonds. The van der Waals surface area contributed by atoms with Crippen LogP contribution in [0.25, 0.3) is 0 Å². The summed E-state index contributed by atoms with van der Waals surface area (Å²) in [5.41, 5.74) is 0. The lowest BCUT2D eigenvalue weighted by Gasteiger charge is -2.19. The van der Waals surface area contributed by atoms with Gasteiger partial charge in [0.25, 0.3) is 0 Å². The fourth-order valence-electron chi connectivity index (χ4n) is 3.54. The van der Waals surface area contributed by atoms with Crippen LogP contribution in [0.3, 0.4) is 0 Å². The summed E-state index contributed by atoms with van der Waals surface area (Å²) in [6.07, 6.45) is 19.0. The third kappa shape index (κ3) is 5.30. The molecule has 2 aliphatic carbocycles. The van der Waals surface area contributed by atoms with Crippen LogP contribution in [0.2, 0.25) is 0 Å². The standard InChI is InChI=1S/C17H33N/c1-2-15-14-17(15)18-16-12-10-8-6-4-3-5-7-9-11-13-16/h15-18H,2-14H2,1H3. The minimum absolute atomic E-state index is 0.839. The van der Waals surface area contributed by atoms with Crippen molar-refractivity contribution >= 4 is 0 Å². The van der Waals surface area contributed by atoms with Crippen LogP contribution < -0.4 is 5.32 Å². The fourth-order valence-corrected chi connectivity index (χ4v) is 3.54. The highest BCUT2D eigenvalue weighted by molar-refractivity contribution is 4.94. The van der Waals surface area contributed by atoms with Crippen molar-refractivity contribution in [3.63, 3.8) is 0 Å². The molecule has 2 fully saturated rings. The highest BCUT2D eigenvalue weighted by Gasteiger charge is 2.36. The summed E-state index contributed by atoms with van der Waals surface area (Å²) >= 11 is 0. The molecule has 2 saturated carbocycles. The predicted octanol–water partition coefficient (Wildman–Crippen LogP) is 5.05. The van der Waals surface area contributed by atoms with E-state index < -0.39 is 0 Å². The second-order valence-corrected chi connectivity index (χ2v) is 6.63. The lowest BCUT2D eigenvalue weighted by molar-refractivity contribution is 0.395. The molecule has 2 rings (SSSR count). The van der Waals surface area contributed by atoms with Crippen molar-refractivity contribution in [3.8, 4) is 0 Å². The van der Waals surface area contributed by atoms with Crippen molar-refractivity contribution in [3.05, 3.63) is 0 Å². The smallest absolute Gasteiger partial charge is 0.0102 e. The van der Waals surface area contributed by atoms with Gasteiger partial charge in [0, 0.05) is 12.1 Å². The van der Waals surface area contributed by atoms with E-state index in [-0.39, 0.29) is 0 Å². The lowest BCUT2D eigenvalue weighted by Crippen LogP contribution is -2.32. The molecule has 0 heterocycles. The molecule has 2 unspecified atom stereocenters. The van der Waals surface area contributed by atoms with Gasteiger partial charge in [-0.2, -0.15) is 0 Å². The van der Waals surface area contributed by atoms with Gasteiger partial charge in [-0.3, -0.25) is 0 Å². The Kier molecular flexibility index (Phi) is 6.54. The Balaban J connectivity index is 1.68. The Labute approximate surface area is 114 Å². The van der Waals surface area contributed by atoms with Crippen molar-refractivity contribution in [2.45, 2.75) is 102 Å². The monoisotopic (exact) mass is 251 g/mol. The number of hydrogen-bond acceptors (Lipinski definition) is 1. The van der Waals surface area contributed by atoms with Crippen LogP contribution in [0.5, 0.6) is 0 Å². The zero-order chi connectivity index (χ0) is 12.6. The van der Waals surface area contributed by atoms with Gasteiger partial charge in [0.05, 0.1) is 0 Å². The van der Waals surface area contributed by atoms with Gasteiger partial charge in [0.2, 0.25) is 0 Å². The van der Waals surface area contributed by atoms with Crippen molar-refractivity contribution in [2.75, 3.05) is 0 Å². The number of hydrogen-bond donors (Lipinski definition) is 1. The van der Waals surface area contributed by atoms with E-state index in [1.807, 2.05) is 0 Å². The molecular weight excluding hydrogens is 218 g/mol. The van der Waals surface area contributed by atoms with Crippen LogP contribution in [0.1, 0.15) is 90.4 Å². The third-order valence-corrected chi connectivity index (χ3v) is 5.00. The van der Waals surface area contributed by atoms with E-state index in [2.05, 4.69) is 12.2 Å². The molecular formula is C17H33N. The molecule has 1 nitrogen and oxygen atoms in total. The van der Waals surface area contributed by atoms with Gasteiger partial charge in [-0.25, -0.2) is 0 Å². The minimum atomic E-state index is 0.839. The molecule has 2 aliphatic rings. The van der Waals surface area contributed by atoms with E-state index in [0.717, 1.165) is 18.0 Å². The van der Waals surface area contributed by atoms with Gasteiger partial charge in [0.1, 0.15) is 0 Å². The predicted molar refractivity (Wildman–Crippen MR) is 79.9 cm³/mol. The minimum Gasteiger partial charge on any atom is -0.311 e. The van der Waals surface area contributed by atoms with Crippen LogP contribution in [0.15, 0.2) is 0 Å². The number of nitrogens with one attached hydrogen (secondary N) is 1. The van der Waals surface area contributed by atoms with Crippen molar-refractivity contribution < 1.29 is 0 Å². The van der Waals surface area contributed by atoms with E-state index in [1.165, 1.54) is 83.5 Å². The van der Waals surface area contributed by atoms with Gasteiger partial charge < -0.3 is 5.32 Å². The molecule has 0 spiro atoms. The van der Waals surface area contributed by atoms with E-state index in [4.69, 9.17) is 0 Å². The zero-order valence-corrected chi connectivity index (χ0v) is 12.4. The molecule has 106 valence electrons. The van der Waals surface area contributed by atoms with E-state index in [9.17, 15) is 0 Å². The SMILES string of the molecule is CCC1CC1NC1CCCCCCCCCCC1. The Bertz CT molecular complexity index is 202. The summed E-state index contributed by atoms with van der Waals surface area (Å²) in [5.74, 6) is 1.01. The number of rotatable bonds is 3. The lowest BCUT2D eigenvalue weighted by atomic mass is 9.98. The highest BCUT2D eigenvalue weighted by atomic mass is 15.0. The molecule has 1 heteroatoms. The summed E-state index contributed by atoms with van der Waals surface area (Å²) in [6, 6.07) is 1.72. The van der Waals surface area contributed by atoms with Gasteiger partial charge in [-0.1, -0.05) is 71.1 Å². The average molecular weight is 251 g/mol. The molecule has 0 aromatic rings. The van der Waals surface area contributed by atoms with Crippen LogP contribution in [0.4, 0.5) is 0 Å². The summed E-state index contributed by atoms with van der Waals surface area (Å²) < 4.78 is 0. The van der Waals surface area contributed by atoms with Crippen molar-refractivity contribution in [1.82, 2.24) is 5.32 Å². The average Bonchev–Trinajstić information content (AvgIpc) is 3.11. The highest BCUT2D eigenvalue weighted by Crippen LogP contribution is 2.34. The van der Waals surface area contributed by atoms with Crippen molar-refractivity contribution in [1.29, 1.82) is 0 Å². The van der Waals surface area contributed by atoms with Crippen LogP contribution in [-0.4, -0.2) is 12.1 Å². The van der Waals surface area contributed by atoms with Crippen LogP contribution in [0, 0.1) is 5.92 Å².